The van der Waals surface area contributed by atoms with Gasteiger partial charge < -0.3 is 14.5 Å². The molecule has 4 aromatic rings. The predicted octanol–water partition coefficient (Wildman–Crippen LogP) is 4.71. The molecule has 10 heteroatoms. The summed E-state index contributed by atoms with van der Waals surface area (Å²) in [5.74, 6) is 0.524. The van der Waals surface area contributed by atoms with Crippen LogP contribution in [-0.4, -0.2) is 46.1 Å². The number of nitrogens with zero attached hydrogens (tertiary/aromatic N) is 6. The lowest BCUT2D eigenvalue weighted by molar-refractivity contribution is -0.385. The van der Waals surface area contributed by atoms with E-state index >= 15 is 0 Å². The molecule has 0 aliphatic carbocycles. The van der Waals surface area contributed by atoms with Gasteiger partial charge in [-0.1, -0.05) is 35.9 Å². The van der Waals surface area contributed by atoms with Crippen molar-refractivity contribution in [1.29, 1.82) is 0 Å². The van der Waals surface area contributed by atoms with Gasteiger partial charge in [-0.2, -0.15) is 4.98 Å². The summed E-state index contributed by atoms with van der Waals surface area (Å²) in [5.41, 5.74) is 1.36. The predicted molar refractivity (Wildman–Crippen MR) is 126 cm³/mol. The third kappa shape index (κ3) is 4.22. The molecule has 1 aliphatic heterocycles. The average molecular weight is 463 g/mol. The Kier molecular flexibility index (Phi) is 5.62. The van der Waals surface area contributed by atoms with Gasteiger partial charge in [-0.3, -0.25) is 15.1 Å². The molecule has 166 valence electrons. The number of fused-ring (bicyclic) bond motifs is 1. The van der Waals surface area contributed by atoms with E-state index in [-0.39, 0.29) is 17.4 Å². The van der Waals surface area contributed by atoms with Crippen LogP contribution >= 0.6 is 11.6 Å². The molecule has 1 saturated heterocycles. The minimum absolute atomic E-state index is 0.111. The SMILES string of the molecule is O=[N+]([O-])c1c(Oc2cccc3cccnc23)ncnc1N1CCN(c2cccc(Cl)c2)CC1. The molecule has 1 aliphatic rings. The van der Waals surface area contributed by atoms with Crippen molar-refractivity contribution < 1.29 is 9.66 Å². The number of para-hydroxylation sites is 1. The van der Waals surface area contributed by atoms with Gasteiger partial charge in [0.1, 0.15) is 11.8 Å². The Labute approximate surface area is 194 Å². The van der Waals surface area contributed by atoms with E-state index in [4.69, 9.17) is 16.3 Å². The zero-order valence-electron chi connectivity index (χ0n) is 17.5. The standard InChI is InChI=1S/C23H19ClN6O3/c24-17-6-2-7-18(14-17)28-10-12-29(13-11-28)22-21(30(31)32)23(27-15-26-22)33-19-8-1-4-16-5-3-9-25-20(16)19/h1-9,14-15H,10-13H2. The Morgan fingerprint density at radius 3 is 2.48 bits per heavy atom. The van der Waals surface area contributed by atoms with Crippen LogP contribution in [0.1, 0.15) is 0 Å². The Morgan fingerprint density at radius 2 is 1.70 bits per heavy atom. The van der Waals surface area contributed by atoms with Crippen molar-refractivity contribution in [1.82, 2.24) is 15.0 Å². The summed E-state index contributed by atoms with van der Waals surface area (Å²) in [6.07, 6.45) is 2.94. The van der Waals surface area contributed by atoms with E-state index in [0.717, 1.165) is 11.1 Å². The molecule has 0 radical (unpaired) electrons. The number of hydrogen-bond acceptors (Lipinski definition) is 8. The molecule has 0 atom stereocenters. The Bertz CT molecular complexity index is 1320. The van der Waals surface area contributed by atoms with Crippen LogP contribution in [0.15, 0.2) is 67.1 Å². The first kappa shape index (κ1) is 20.9. The van der Waals surface area contributed by atoms with Crippen LogP contribution in [0, 0.1) is 10.1 Å². The molecule has 0 amide bonds. The van der Waals surface area contributed by atoms with E-state index in [1.54, 1.807) is 12.3 Å². The van der Waals surface area contributed by atoms with Gasteiger partial charge in [0.25, 0.3) is 0 Å². The molecule has 2 aromatic carbocycles. The van der Waals surface area contributed by atoms with Crippen LogP contribution in [0.2, 0.25) is 5.02 Å². The average Bonchev–Trinajstić information content (AvgIpc) is 2.84. The van der Waals surface area contributed by atoms with E-state index in [1.807, 2.05) is 53.4 Å². The molecular weight excluding hydrogens is 444 g/mol. The Hall–Kier alpha value is -3.98. The fourth-order valence-electron chi connectivity index (χ4n) is 3.93. The summed E-state index contributed by atoms with van der Waals surface area (Å²) in [6.45, 7) is 2.45. The summed E-state index contributed by atoms with van der Waals surface area (Å²) < 4.78 is 5.91. The largest absolute Gasteiger partial charge is 0.431 e. The summed E-state index contributed by atoms with van der Waals surface area (Å²) in [6, 6.07) is 16.8. The lowest BCUT2D eigenvalue weighted by Crippen LogP contribution is -2.47. The lowest BCUT2D eigenvalue weighted by Gasteiger charge is -2.36. The van der Waals surface area contributed by atoms with Gasteiger partial charge in [-0.25, -0.2) is 4.98 Å². The second-order valence-electron chi connectivity index (χ2n) is 7.50. The number of benzene rings is 2. The molecule has 0 spiro atoms. The molecule has 0 saturated carbocycles. The van der Waals surface area contributed by atoms with Crippen LogP contribution in [-0.2, 0) is 0 Å². The van der Waals surface area contributed by atoms with Gasteiger partial charge in [0, 0.05) is 48.5 Å². The maximum atomic E-state index is 12.0. The zero-order chi connectivity index (χ0) is 22.8. The van der Waals surface area contributed by atoms with Crippen LogP contribution in [0.5, 0.6) is 11.6 Å². The summed E-state index contributed by atoms with van der Waals surface area (Å²) >= 11 is 6.12. The molecule has 2 aromatic heterocycles. The van der Waals surface area contributed by atoms with E-state index in [1.165, 1.54) is 6.33 Å². The Morgan fingerprint density at radius 1 is 0.939 bits per heavy atom. The van der Waals surface area contributed by atoms with Gasteiger partial charge >= 0.3 is 11.6 Å². The fraction of sp³-hybridized carbons (Fsp3) is 0.174. The van der Waals surface area contributed by atoms with Crippen molar-refractivity contribution in [3.8, 4) is 11.6 Å². The van der Waals surface area contributed by atoms with Gasteiger partial charge in [0.15, 0.2) is 5.75 Å². The first-order chi connectivity index (χ1) is 16.1. The number of hydrogen-bond donors (Lipinski definition) is 0. The van der Waals surface area contributed by atoms with E-state index in [0.29, 0.717) is 42.5 Å². The first-order valence-electron chi connectivity index (χ1n) is 10.4. The first-order valence-corrected chi connectivity index (χ1v) is 10.7. The number of nitro groups is 1. The van der Waals surface area contributed by atoms with Gasteiger partial charge in [0.05, 0.1) is 4.92 Å². The summed E-state index contributed by atoms with van der Waals surface area (Å²) in [5, 5.41) is 13.6. The van der Waals surface area contributed by atoms with Gasteiger partial charge in [0.2, 0.25) is 5.82 Å². The normalized spacial score (nSPS) is 13.8. The summed E-state index contributed by atoms with van der Waals surface area (Å²) in [7, 11) is 0. The second kappa shape index (κ2) is 8.87. The van der Waals surface area contributed by atoms with Crippen molar-refractivity contribution in [2.45, 2.75) is 0 Å². The van der Waals surface area contributed by atoms with E-state index in [2.05, 4.69) is 19.9 Å². The molecule has 3 heterocycles. The number of aromatic nitrogens is 3. The van der Waals surface area contributed by atoms with Crippen molar-refractivity contribution in [3.63, 3.8) is 0 Å². The third-order valence-electron chi connectivity index (χ3n) is 5.51. The monoisotopic (exact) mass is 462 g/mol. The third-order valence-corrected chi connectivity index (χ3v) is 5.74. The molecule has 1 fully saturated rings. The highest BCUT2D eigenvalue weighted by Gasteiger charge is 2.31. The number of rotatable bonds is 5. The van der Waals surface area contributed by atoms with Crippen molar-refractivity contribution >= 4 is 39.7 Å². The number of pyridine rings is 1. The minimum Gasteiger partial charge on any atom is -0.431 e. The van der Waals surface area contributed by atoms with Crippen LogP contribution in [0.25, 0.3) is 10.9 Å². The lowest BCUT2D eigenvalue weighted by atomic mass is 10.2. The quantitative estimate of drug-likeness (QED) is 0.311. The topological polar surface area (TPSA) is 97.5 Å². The molecule has 9 nitrogen and oxygen atoms in total. The second-order valence-corrected chi connectivity index (χ2v) is 7.93. The zero-order valence-corrected chi connectivity index (χ0v) is 18.2. The highest BCUT2D eigenvalue weighted by molar-refractivity contribution is 6.30. The molecule has 5 rings (SSSR count). The highest BCUT2D eigenvalue weighted by Crippen LogP contribution is 2.38. The fourth-order valence-corrected chi connectivity index (χ4v) is 4.12. The van der Waals surface area contributed by atoms with E-state index in [9.17, 15) is 10.1 Å². The number of ether oxygens (including phenoxy) is 1. The van der Waals surface area contributed by atoms with Crippen LogP contribution < -0.4 is 14.5 Å². The molecule has 0 unspecified atom stereocenters. The van der Waals surface area contributed by atoms with E-state index < -0.39 is 4.92 Å². The van der Waals surface area contributed by atoms with Crippen molar-refractivity contribution in [3.05, 3.63) is 82.3 Å². The van der Waals surface area contributed by atoms with Gasteiger partial charge in [-0.15, -0.1) is 0 Å². The molecular formula is C23H19ClN6O3. The minimum atomic E-state index is -0.493. The molecule has 0 N–H and O–H groups in total. The Balaban J connectivity index is 1.42. The summed E-state index contributed by atoms with van der Waals surface area (Å²) in [4.78, 5) is 28.3. The molecule has 33 heavy (non-hydrogen) atoms. The maximum absolute atomic E-state index is 12.0. The number of piperazine rings is 1. The molecule has 0 bridgehead atoms. The smallest absolute Gasteiger partial charge is 0.373 e. The van der Waals surface area contributed by atoms with Crippen LogP contribution in [0.4, 0.5) is 17.2 Å². The van der Waals surface area contributed by atoms with Crippen LogP contribution in [0.3, 0.4) is 0 Å². The highest BCUT2D eigenvalue weighted by atomic mass is 35.5. The van der Waals surface area contributed by atoms with Crippen molar-refractivity contribution in [2.75, 3.05) is 36.0 Å². The number of anilines is 2. The number of halogens is 1. The van der Waals surface area contributed by atoms with Gasteiger partial charge in [-0.05, 0) is 30.3 Å². The van der Waals surface area contributed by atoms with Crippen molar-refractivity contribution in [2.24, 2.45) is 0 Å². The maximum Gasteiger partial charge on any atom is 0.373 e.